The molecule has 0 bridgehead atoms. The average Bonchev–Trinajstić information content (AvgIpc) is 2.10. The number of phenols is 1. The van der Waals surface area contributed by atoms with E-state index >= 15 is 0 Å². The van der Waals surface area contributed by atoms with Crippen LogP contribution in [-0.4, -0.2) is 17.3 Å². The van der Waals surface area contributed by atoms with Gasteiger partial charge >= 0.3 is 0 Å². The Morgan fingerprint density at radius 3 is 2.71 bits per heavy atom. The molecule has 0 aromatic heterocycles. The predicted molar refractivity (Wildman–Crippen MR) is 59.2 cm³/mol. The first-order valence-corrected chi connectivity index (χ1v) is 4.49. The summed E-state index contributed by atoms with van der Waals surface area (Å²) in [5, 5.41) is 16.3. The number of benzene rings is 1. The Kier molecular flexibility index (Phi) is 3.47. The molecule has 0 radical (unpaired) electrons. The van der Waals surface area contributed by atoms with Gasteiger partial charge in [0.25, 0.3) is 0 Å². The van der Waals surface area contributed by atoms with E-state index in [0.29, 0.717) is 4.47 Å². The van der Waals surface area contributed by atoms with Crippen molar-refractivity contribution in [2.45, 2.75) is 0 Å². The summed E-state index contributed by atoms with van der Waals surface area (Å²) >= 11 is 3.17. The van der Waals surface area contributed by atoms with Gasteiger partial charge in [-0.15, -0.1) is 5.10 Å². The van der Waals surface area contributed by atoms with Gasteiger partial charge in [-0.2, -0.15) is 5.10 Å². The third kappa shape index (κ3) is 3.06. The third-order valence-electron chi connectivity index (χ3n) is 1.35. The molecule has 74 valence electrons. The lowest BCUT2D eigenvalue weighted by atomic mass is 10.2. The number of aromatic hydroxyl groups is 1. The highest BCUT2D eigenvalue weighted by atomic mass is 79.9. The normalized spacial score (nSPS) is 10.4. The van der Waals surface area contributed by atoms with Crippen LogP contribution in [-0.2, 0) is 0 Å². The van der Waals surface area contributed by atoms with E-state index in [2.05, 4.69) is 26.1 Å². The van der Waals surface area contributed by atoms with Gasteiger partial charge in [0.2, 0.25) is 5.96 Å². The fourth-order valence-electron chi connectivity index (χ4n) is 0.766. The molecule has 0 aliphatic heterocycles. The second kappa shape index (κ2) is 4.61. The molecule has 14 heavy (non-hydrogen) atoms. The number of guanidine groups is 1. The maximum absolute atomic E-state index is 9.20. The zero-order valence-electron chi connectivity index (χ0n) is 7.18. The van der Waals surface area contributed by atoms with Crippen LogP contribution in [0.2, 0.25) is 0 Å². The number of nitrogens with two attached hydrogens (primary N) is 2. The molecule has 0 fully saturated rings. The molecule has 0 aliphatic carbocycles. The minimum Gasteiger partial charge on any atom is -0.507 e. The lowest BCUT2D eigenvalue weighted by molar-refractivity contribution is 0.472. The van der Waals surface area contributed by atoms with Crippen LogP contribution in [0.5, 0.6) is 5.75 Å². The largest absolute Gasteiger partial charge is 0.507 e. The number of phenolic OH excluding ortho intramolecular Hbond substituents is 1. The number of rotatable bonds is 2. The maximum atomic E-state index is 9.20. The molecule has 1 aromatic carbocycles. The van der Waals surface area contributed by atoms with Crippen LogP contribution in [0.1, 0.15) is 5.56 Å². The Bertz CT molecular complexity index is 385. The smallest absolute Gasteiger partial charge is 0.211 e. The van der Waals surface area contributed by atoms with Gasteiger partial charge in [0.1, 0.15) is 5.75 Å². The molecule has 0 aliphatic rings. The number of hydrogen-bond acceptors (Lipinski definition) is 3. The predicted octanol–water partition coefficient (Wildman–Crippen LogP) is 0.762. The Labute approximate surface area is 89.3 Å². The molecule has 0 heterocycles. The monoisotopic (exact) mass is 256 g/mol. The molecule has 1 rings (SSSR count). The van der Waals surface area contributed by atoms with Crippen LogP contribution < -0.4 is 11.5 Å². The number of nitrogens with zero attached hydrogens (tertiary/aromatic N) is 2. The lowest BCUT2D eigenvalue weighted by Gasteiger charge is -1.96. The SMILES string of the molecule is NC(N)=N/N=C\c1ccc(O)c(Br)c1. The van der Waals surface area contributed by atoms with Gasteiger partial charge in [0, 0.05) is 0 Å². The standard InChI is InChI=1S/C8H9BrN4O/c9-6-3-5(1-2-7(6)14)4-12-13-8(10)11/h1-4,14H,(H4,10,11,13)/b12-4-. The fraction of sp³-hybridized carbons (Fsp3) is 0. The van der Waals surface area contributed by atoms with Crippen molar-refractivity contribution in [3.05, 3.63) is 28.2 Å². The summed E-state index contributed by atoms with van der Waals surface area (Å²) in [5.41, 5.74) is 10.9. The minimum atomic E-state index is -0.0981. The van der Waals surface area contributed by atoms with E-state index in [1.54, 1.807) is 18.2 Å². The summed E-state index contributed by atoms with van der Waals surface area (Å²) in [5.74, 6) is 0.0723. The van der Waals surface area contributed by atoms with E-state index in [1.165, 1.54) is 6.21 Å². The first-order valence-electron chi connectivity index (χ1n) is 3.70. The molecule has 0 atom stereocenters. The quantitative estimate of drug-likeness (QED) is 0.414. The van der Waals surface area contributed by atoms with Crippen molar-refractivity contribution in [2.24, 2.45) is 21.7 Å². The van der Waals surface area contributed by atoms with E-state index in [1.807, 2.05) is 0 Å². The van der Waals surface area contributed by atoms with Gasteiger partial charge < -0.3 is 16.6 Å². The van der Waals surface area contributed by atoms with E-state index in [0.717, 1.165) is 5.56 Å². The van der Waals surface area contributed by atoms with Gasteiger partial charge in [0.05, 0.1) is 10.7 Å². The van der Waals surface area contributed by atoms with Crippen molar-refractivity contribution < 1.29 is 5.11 Å². The first-order chi connectivity index (χ1) is 6.59. The summed E-state index contributed by atoms with van der Waals surface area (Å²) < 4.78 is 0.589. The van der Waals surface area contributed by atoms with Crippen molar-refractivity contribution in [3.63, 3.8) is 0 Å². The highest BCUT2D eigenvalue weighted by Crippen LogP contribution is 2.23. The molecule has 0 spiro atoms. The molecule has 6 heteroatoms. The Morgan fingerprint density at radius 2 is 2.14 bits per heavy atom. The van der Waals surface area contributed by atoms with E-state index in [9.17, 15) is 5.11 Å². The Morgan fingerprint density at radius 1 is 1.43 bits per heavy atom. The molecule has 5 nitrogen and oxygen atoms in total. The fourth-order valence-corrected chi connectivity index (χ4v) is 1.16. The summed E-state index contributed by atoms with van der Waals surface area (Å²) in [4.78, 5) is 0. The van der Waals surface area contributed by atoms with Crippen LogP contribution in [0.15, 0.2) is 32.9 Å². The molecule has 0 unspecified atom stereocenters. The highest BCUT2D eigenvalue weighted by molar-refractivity contribution is 9.10. The van der Waals surface area contributed by atoms with Gasteiger partial charge in [-0.3, -0.25) is 0 Å². The van der Waals surface area contributed by atoms with Crippen molar-refractivity contribution in [1.82, 2.24) is 0 Å². The van der Waals surface area contributed by atoms with Gasteiger partial charge in [-0.05, 0) is 39.7 Å². The maximum Gasteiger partial charge on any atom is 0.211 e. The summed E-state index contributed by atoms with van der Waals surface area (Å²) in [6.07, 6.45) is 1.48. The summed E-state index contributed by atoms with van der Waals surface area (Å²) in [6.45, 7) is 0. The second-order valence-electron chi connectivity index (χ2n) is 2.48. The Balaban J connectivity index is 2.83. The molecule has 0 saturated carbocycles. The van der Waals surface area contributed by atoms with Crippen LogP contribution in [0.4, 0.5) is 0 Å². The van der Waals surface area contributed by atoms with Crippen molar-refractivity contribution in [3.8, 4) is 5.75 Å². The van der Waals surface area contributed by atoms with Crippen LogP contribution in [0.25, 0.3) is 0 Å². The summed E-state index contributed by atoms with van der Waals surface area (Å²) in [7, 11) is 0. The van der Waals surface area contributed by atoms with E-state index in [4.69, 9.17) is 11.5 Å². The zero-order chi connectivity index (χ0) is 10.6. The van der Waals surface area contributed by atoms with Crippen LogP contribution in [0, 0.1) is 0 Å². The van der Waals surface area contributed by atoms with Crippen molar-refractivity contribution in [1.29, 1.82) is 0 Å². The van der Waals surface area contributed by atoms with Crippen LogP contribution >= 0.6 is 15.9 Å². The average molecular weight is 257 g/mol. The molecular formula is C8H9BrN4O. The van der Waals surface area contributed by atoms with Crippen molar-refractivity contribution in [2.75, 3.05) is 0 Å². The van der Waals surface area contributed by atoms with Gasteiger partial charge in [-0.25, -0.2) is 0 Å². The molecule has 1 aromatic rings. The minimum absolute atomic E-state index is 0.0981. The lowest BCUT2D eigenvalue weighted by Crippen LogP contribution is -2.21. The van der Waals surface area contributed by atoms with Gasteiger partial charge in [0.15, 0.2) is 0 Å². The van der Waals surface area contributed by atoms with Crippen molar-refractivity contribution >= 4 is 28.1 Å². The molecular weight excluding hydrogens is 248 g/mol. The molecule has 0 amide bonds. The molecule has 5 N–H and O–H groups in total. The molecule has 0 saturated heterocycles. The van der Waals surface area contributed by atoms with Gasteiger partial charge in [-0.1, -0.05) is 0 Å². The summed E-state index contributed by atoms with van der Waals surface area (Å²) in [6, 6.07) is 4.92. The van der Waals surface area contributed by atoms with E-state index in [-0.39, 0.29) is 11.7 Å². The Hall–Kier alpha value is -1.56. The van der Waals surface area contributed by atoms with E-state index < -0.39 is 0 Å². The number of halogens is 1. The third-order valence-corrected chi connectivity index (χ3v) is 1.99. The second-order valence-corrected chi connectivity index (χ2v) is 3.33. The number of hydrogen-bond donors (Lipinski definition) is 3. The topological polar surface area (TPSA) is 97.0 Å². The zero-order valence-corrected chi connectivity index (χ0v) is 8.77. The van der Waals surface area contributed by atoms with Crippen LogP contribution in [0.3, 0.4) is 0 Å². The first kappa shape index (κ1) is 10.5. The highest BCUT2D eigenvalue weighted by Gasteiger charge is 1.96.